The lowest BCUT2D eigenvalue weighted by atomic mass is 10.1. The normalized spacial score (nSPS) is 15.5. The average molecular weight is 205 g/mol. The molecule has 80 valence electrons. The third-order valence-electron chi connectivity index (χ3n) is 2.54. The molecule has 0 spiro atoms. The molecule has 1 aromatic carbocycles. The third-order valence-corrected chi connectivity index (χ3v) is 2.54. The van der Waals surface area contributed by atoms with Gasteiger partial charge >= 0.3 is 6.03 Å². The fraction of sp³-hybridized carbons (Fsp3) is 0.364. The van der Waals surface area contributed by atoms with Crippen LogP contribution in [0.25, 0.3) is 0 Å². The fourth-order valence-corrected chi connectivity index (χ4v) is 1.73. The van der Waals surface area contributed by atoms with E-state index in [2.05, 4.69) is 5.32 Å². The number of amides is 2. The van der Waals surface area contributed by atoms with Crippen molar-refractivity contribution in [2.75, 3.05) is 24.5 Å². The van der Waals surface area contributed by atoms with Crippen LogP contribution in [0.15, 0.2) is 24.3 Å². The second-order valence-corrected chi connectivity index (χ2v) is 3.59. The van der Waals surface area contributed by atoms with Gasteiger partial charge in [0.1, 0.15) is 0 Å². The van der Waals surface area contributed by atoms with E-state index in [9.17, 15) is 4.79 Å². The lowest BCUT2D eigenvalue weighted by molar-refractivity contribution is 0.252. The van der Waals surface area contributed by atoms with Gasteiger partial charge in [0, 0.05) is 18.8 Å². The van der Waals surface area contributed by atoms with Crippen molar-refractivity contribution < 1.29 is 4.79 Å². The summed E-state index contributed by atoms with van der Waals surface area (Å²) in [5, 5.41) is 2.77. The van der Waals surface area contributed by atoms with E-state index in [1.807, 2.05) is 24.3 Å². The Labute approximate surface area is 89.1 Å². The maximum atomic E-state index is 11.4. The summed E-state index contributed by atoms with van der Waals surface area (Å²) in [6.45, 7) is 2.13. The van der Waals surface area contributed by atoms with Gasteiger partial charge < -0.3 is 11.1 Å². The average Bonchev–Trinajstić information content (AvgIpc) is 2.66. The standard InChI is InChI=1S/C11H15N3O/c12-6-5-9-1-3-10(4-2-9)14-8-7-13-11(14)15/h1-4H,5-8,12H2,(H,13,15). The van der Waals surface area contributed by atoms with Gasteiger partial charge in [0.15, 0.2) is 0 Å². The van der Waals surface area contributed by atoms with Crippen LogP contribution in [0, 0.1) is 0 Å². The lowest BCUT2D eigenvalue weighted by Crippen LogP contribution is -2.27. The van der Waals surface area contributed by atoms with E-state index in [0.717, 1.165) is 25.2 Å². The van der Waals surface area contributed by atoms with Gasteiger partial charge in [0.25, 0.3) is 0 Å². The molecule has 1 fully saturated rings. The zero-order valence-electron chi connectivity index (χ0n) is 8.57. The summed E-state index contributed by atoms with van der Waals surface area (Å²) < 4.78 is 0. The van der Waals surface area contributed by atoms with Crippen LogP contribution >= 0.6 is 0 Å². The summed E-state index contributed by atoms with van der Waals surface area (Å²) in [7, 11) is 0. The number of nitrogens with one attached hydrogen (secondary N) is 1. The maximum Gasteiger partial charge on any atom is 0.321 e. The van der Waals surface area contributed by atoms with Gasteiger partial charge in [-0.15, -0.1) is 0 Å². The fourth-order valence-electron chi connectivity index (χ4n) is 1.73. The molecule has 0 unspecified atom stereocenters. The number of urea groups is 1. The van der Waals surface area contributed by atoms with Crippen molar-refractivity contribution in [3.63, 3.8) is 0 Å². The van der Waals surface area contributed by atoms with Crippen LogP contribution in [0.4, 0.5) is 10.5 Å². The van der Waals surface area contributed by atoms with E-state index < -0.39 is 0 Å². The monoisotopic (exact) mass is 205 g/mol. The molecule has 0 saturated carbocycles. The Morgan fingerprint density at radius 2 is 2.07 bits per heavy atom. The molecule has 0 radical (unpaired) electrons. The summed E-state index contributed by atoms with van der Waals surface area (Å²) in [6, 6.07) is 7.97. The number of hydrogen-bond acceptors (Lipinski definition) is 2. The molecule has 1 aromatic rings. The van der Waals surface area contributed by atoms with E-state index in [-0.39, 0.29) is 6.03 Å². The maximum absolute atomic E-state index is 11.4. The van der Waals surface area contributed by atoms with Gasteiger partial charge in [-0.3, -0.25) is 4.90 Å². The number of carbonyl (C=O) groups excluding carboxylic acids is 1. The summed E-state index contributed by atoms with van der Waals surface area (Å²) >= 11 is 0. The second kappa shape index (κ2) is 4.31. The van der Waals surface area contributed by atoms with E-state index in [0.29, 0.717) is 6.54 Å². The Balaban J connectivity index is 2.12. The first kappa shape index (κ1) is 9.98. The Morgan fingerprint density at radius 1 is 1.33 bits per heavy atom. The number of hydrogen-bond donors (Lipinski definition) is 2. The van der Waals surface area contributed by atoms with Crippen LogP contribution in [0.5, 0.6) is 0 Å². The van der Waals surface area contributed by atoms with Gasteiger partial charge in [-0.1, -0.05) is 12.1 Å². The van der Waals surface area contributed by atoms with Gasteiger partial charge in [-0.25, -0.2) is 4.79 Å². The SMILES string of the molecule is NCCc1ccc(N2CCNC2=O)cc1. The predicted octanol–water partition coefficient (Wildman–Crippen LogP) is 0.717. The van der Waals surface area contributed by atoms with Gasteiger partial charge in [0.2, 0.25) is 0 Å². The molecule has 4 nitrogen and oxygen atoms in total. The van der Waals surface area contributed by atoms with Crippen molar-refractivity contribution in [1.29, 1.82) is 0 Å². The highest BCUT2D eigenvalue weighted by Gasteiger charge is 2.20. The number of carbonyl (C=O) groups is 1. The molecule has 0 aliphatic carbocycles. The number of rotatable bonds is 3. The minimum absolute atomic E-state index is 0.0124. The first-order valence-corrected chi connectivity index (χ1v) is 5.15. The highest BCUT2D eigenvalue weighted by Crippen LogP contribution is 2.17. The molecule has 2 rings (SSSR count). The molecule has 0 atom stereocenters. The largest absolute Gasteiger partial charge is 0.336 e. The molecule has 1 aliphatic heterocycles. The van der Waals surface area contributed by atoms with Crippen molar-refractivity contribution in [2.45, 2.75) is 6.42 Å². The van der Waals surface area contributed by atoms with E-state index in [1.54, 1.807) is 4.90 Å². The Kier molecular flexibility index (Phi) is 2.87. The van der Waals surface area contributed by atoms with Crippen LogP contribution in [-0.2, 0) is 6.42 Å². The molecular formula is C11H15N3O. The van der Waals surface area contributed by atoms with E-state index in [1.165, 1.54) is 5.56 Å². The number of benzene rings is 1. The van der Waals surface area contributed by atoms with Gasteiger partial charge in [0.05, 0.1) is 0 Å². The summed E-state index contributed by atoms with van der Waals surface area (Å²) in [5.41, 5.74) is 7.63. The molecular weight excluding hydrogens is 190 g/mol. The van der Waals surface area contributed by atoms with Crippen LogP contribution < -0.4 is 16.0 Å². The molecule has 15 heavy (non-hydrogen) atoms. The Bertz CT molecular complexity index is 347. The topological polar surface area (TPSA) is 58.4 Å². The van der Waals surface area contributed by atoms with Crippen molar-refractivity contribution in [1.82, 2.24) is 5.32 Å². The van der Waals surface area contributed by atoms with E-state index >= 15 is 0 Å². The first-order chi connectivity index (χ1) is 7.31. The first-order valence-electron chi connectivity index (χ1n) is 5.15. The molecule has 0 aromatic heterocycles. The zero-order valence-corrected chi connectivity index (χ0v) is 8.57. The smallest absolute Gasteiger partial charge is 0.321 e. The molecule has 4 heteroatoms. The highest BCUT2D eigenvalue weighted by molar-refractivity contribution is 5.93. The summed E-state index contributed by atoms with van der Waals surface area (Å²) in [5.74, 6) is 0. The van der Waals surface area contributed by atoms with Crippen LogP contribution in [0.3, 0.4) is 0 Å². The minimum Gasteiger partial charge on any atom is -0.336 e. The van der Waals surface area contributed by atoms with E-state index in [4.69, 9.17) is 5.73 Å². The molecule has 1 saturated heterocycles. The summed E-state index contributed by atoms with van der Waals surface area (Å²) in [6.07, 6.45) is 0.881. The van der Waals surface area contributed by atoms with Crippen LogP contribution in [0.2, 0.25) is 0 Å². The molecule has 3 N–H and O–H groups in total. The molecule has 1 aliphatic rings. The van der Waals surface area contributed by atoms with Crippen molar-refractivity contribution in [3.8, 4) is 0 Å². The van der Waals surface area contributed by atoms with Crippen molar-refractivity contribution >= 4 is 11.7 Å². The molecule has 2 amide bonds. The van der Waals surface area contributed by atoms with Gasteiger partial charge in [-0.05, 0) is 30.7 Å². The second-order valence-electron chi connectivity index (χ2n) is 3.59. The lowest BCUT2D eigenvalue weighted by Gasteiger charge is -2.14. The Hall–Kier alpha value is -1.55. The van der Waals surface area contributed by atoms with Crippen molar-refractivity contribution in [2.24, 2.45) is 5.73 Å². The summed E-state index contributed by atoms with van der Waals surface area (Å²) in [4.78, 5) is 13.1. The number of nitrogens with two attached hydrogens (primary N) is 1. The Morgan fingerprint density at radius 3 is 2.60 bits per heavy atom. The van der Waals surface area contributed by atoms with Crippen LogP contribution in [0.1, 0.15) is 5.56 Å². The third kappa shape index (κ3) is 2.10. The molecule has 0 bridgehead atoms. The number of nitrogens with zero attached hydrogens (tertiary/aromatic N) is 1. The highest BCUT2D eigenvalue weighted by atomic mass is 16.2. The molecule has 1 heterocycles. The van der Waals surface area contributed by atoms with Crippen LogP contribution in [-0.4, -0.2) is 25.7 Å². The minimum atomic E-state index is -0.0124. The van der Waals surface area contributed by atoms with Gasteiger partial charge in [-0.2, -0.15) is 0 Å². The number of anilines is 1. The van der Waals surface area contributed by atoms with Crippen molar-refractivity contribution in [3.05, 3.63) is 29.8 Å². The quantitative estimate of drug-likeness (QED) is 0.763. The predicted molar refractivity (Wildman–Crippen MR) is 59.9 cm³/mol. The zero-order chi connectivity index (χ0) is 10.7.